The summed E-state index contributed by atoms with van der Waals surface area (Å²) in [5, 5.41) is 6.86. The number of hydrogen-bond donors (Lipinski definition) is 0. The highest BCUT2D eigenvalue weighted by Crippen LogP contribution is 2.43. The standard InChI is InChI=1S/C32H26N4O/c1-32(18-7-19-32)26-15-12-24(13-16-26)29-28(23-9-3-2-4-10-23)21-36-30(33-29)34-31(35-36)37-27-17-14-22-8-5-6-11-25(22)20-27/h2-6,8-17,20-21H,7,18-19H2,1H3. The second-order valence-electron chi connectivity index (χ2n) is 10.1. The number of aromatic nitrogens is 4. The molecular formula is C32H26N4O. The van der Waals surface area contributed by atoms with Gasteiger partial charge in [0.25, 0.3) is 5.78 Å². The molecule has 1 saturated carbocycles. The lowest BCUT2D eigenvalue weighted by Crippen LogP contribution is -2.30. The molecule has 1 aliphatic rings. The first kappa shape index (κ1) is 21.7. The fraction of sp³-hybridized carbons (Fsp3) is 0.156. The minimum absolute atomic E-state index is 0.271. The van der Waals surface area contributed by atoms with Crippen LogP contribution in [0.25, 0.3) is 38.9 Å². The molecule has 0 bridgehead atoms. The smallest absolute Gasteiger partial charge is 0.343 e. The van der Waals surface area contributed by atoms with Crippen molar-refractivity contribution < 1.29 is 4.74 Å². The fourth-order valence-electron chi connectivity index (χ4n) is 5.26. The van der Waals surface area contributed by atoms with Gasteiger partial charge in [0.15, 0.2) is 0 Å². The van der Waals surface area contributed by atoms with E-state index in [9.17, 15) is 0 Å². The van der Waals surface area contributed by atoms with Gasteiger partial charge in [-0.15, -0.1) is 5.10 Å². The number of benzene rings is 4. The van der Waals surface area contributed by atoms with Crippen LogP contribution in [0.4, 0.5) is 0 Å². The molecule has 37 heavy (non-hydrogen) atoms. The number of fused-ring (bicyclic) bond motifs is 2. The Kier molecular flexibility index (Phi) is 5.03. The molecule has 0 radical (unpaired) electrons. The van der Waals surface area contributed by atoms with E-state index in [0.29, 0.717) is 16.9 Å². The molecular weight excluding hydrogens is 456 g/mol. The van der Waals surface area contributed by atoms with Crippen LogP contribution in [0.2, 0.25) is 0 Å². The number of rotatable bonds is 5. The van der Waals surface area contributed by atoms with Gasteiger partial charge in [0, 0.05) is 17.3 Å². The number of nitrogens with zero attached hydrogens (tertiary/aromatic N) is 4. The van der Waals surface area contributed by atoms with Crippen molar-refractivity contribution in [3.05, 3.63) is 109 Å². The highest BCUT2D eigenvalue weighted by atomic mass is 16.5. The van der Waals surface area contributed by atoms with E-state index in [4.69, 9.17) is 9.72 Å². The first-order valence-electron chi connectivity index (χ1n) is 12.8. The third kappa shape index (κ3) is 3.93. The molecule has 1 fully saturated rings. The van der Waals surface area contributed by atoms with E-state index in [0.717, 1.165) is 33.2 Å². The van der Waals surface area contributed by atoms with Gasteiger partial charge in [-0.2, -0.15) is 4.98 Å². The zero-order valence-electron chi connectivity index (χ0n) is 20.6. The van der Waals surface area contributed by atoms with E-state index in [1.165, 1.54) is 24.8 Å². The molecule has 0 unspecified atom stereocenters. The lowest BCUT2D eigenvalue weighted by molar-refractivity contribution is 0.272. The zero-order valence-corrected chi connectivity index (χ0v) is 20.6. The minimum Gasteiger partial charge on any atom is -0.423 e. The van der Waals surface area contributed by atoms with Gasteiger partial charge in [0.1, 0.15) is 5.75 Å². The average Bonchev–Trinajstić information content (AvgIpc) is 3.32. The second kappa shape index (κ2) is 8.56. The molecule has 180 valence electrons. The van der Waals surface area contributed by atoms with Crippen LogP contribution >= 0.6 is 0 Å². The normalized spacial score (nSPS) is 14.5. The van der Waals surface area contributed by atoms with E-state index < -0.39 is 0 Å². The average molecular weight is 483 g/mol. The van der Waals surface area contributed by atoms with Crippen LogP contribution in [-0.4, -0.2) is 19.6 Å². The molecule has 7 rings (SSSR count). The SMILES string of the molecule is CC1(c2ccc(-c3nc4nc(Oc5ccc6ccccc6c5)nn4cc3-c3ccccc3)cc2)CCC1. The van der Waals surface area contributed by atoms with Crippen molar-refractivity contribution >= 4 is 16.6 Å². The van der Waals surface area contributed by atoms with Crippen molar-refractivity contribution in [2.45, 2.75) is 31.6 Å². The third-order valence-corrected chi connectivity index (χ3v) is 7.64. The van der Waals surface area contributed by atoms with Crippen LogP contribution in [0.5, 0.6) is 11.8 Å². The Bertz CT molecular complexity index is 1730. The quantitative estimate of drug-likeness (QED) is 0.251. The van der Waals surface area contributed by atoms with Crippen molar-refractivity contribution in [2.75, 3.05) is 0 Å². The van der Waals surface area contributed by atoms with E-state index in [-0.39, 0.29) is 6.01 Å². The molecule has 2 heterocycles. The van der Waals surface area contributed by atoms with E-state index in [1.807, 2.05) is 54.7 Å². The molecule has 1 aliphatic carbocycles. The molecule has 4 aromatic carbocycles. The summed E-state index contributed by atoms with van der Waals surface area (Å²) in [5.41, 5.74) is 5.73. The van der Waals surface area contributed by atoms with Gasteiger partial charge in [-0.3, -0.25) is 0 Å². The second-order valence-corrected chi connectivity index (χ2v) is 10.1. The summed E-state index contributed by atoms with van der Waals surface area (Å²) in [5.74, 6) is 1.19. The maximum Gasteiger partial charge on any atom is 0.343 e. The molecule has 0 spiro atoms. The summed E-state index contributed by atoms with van der Waals surface area (Å²) in [6.45, 7) is 2.36. The molecule has 2 aromatic heterocycles. The topological polar surface area (TPSA) is 52.3 Å². The molecule has 0 atom stereocenters. The Balaban J connectivity index is 1.30. The van der Waals surface area contributed by atoms with E-state index in [2.05, 4.69) is 65.5 Å². The Morgan fingerprint density at radius 2 is 1.51 bits per heavy atom. The Morgan fingerprint density at radius 1 is 0.757 bits per heavy atom. The van der Waals surface area contributed by atoms with Crippen LogP contribution in [0.3, 0.4) is 0 Å². The minimum atomic E-state index is 0.271. The predicted octanol–water partition coefficient (Wildman–Crippen LogP) is 7.85. The fourth-order valence-corrected chi connectivity index (χ4v) is 5.26. The van der Waals surface area contributed by atoms with Crippen molar-refractivity contribution in [3.63, 3.8) is 0 Å². The lowest BCUT2D eigenvalue weighted by atomic mass is 9.66. The molecule has 6 aromatic rings. The first-order valence-corrected chi connectivity index (χ1v) is 12.8. The Morgan fingerprint density at radius 3 is 2.27 bits per heavy atom. The summed E-state index contributed by atoms with van der Waals surface area (Å²) >= 11 is 0. The Hall–Kier alpha value is -4.51. The molecule has 0 aliphatic heterocycles. The largest absolute Gasteiger partial charge is 0.423 e. The highest BCUT2D eigenvalue weighted by Gasteiger charge is 2.33. The van der Waals surface area contributed by atoms with Crippen molar-refractivity contribution in [1.29, 1.82) is 0 Å². The summed E-state index contributed by atoms with van der Waals surface area (Å²) in [4.78, 5) is 9.58. The monoisotopic (exact) mass is 482 g/mol. The van der Waals surface area contributed by atoms with Gasteiger partial charge in [-0.05, 0) is 52.3 Å². The van der Waals surface area contributed by atoms with Gasteiger partial charge >= 0.3 is 6.01 Å². The zero-order chi connectivity index (χ0) is 24.8. The first-order chi connectivity index (χ1) is 18.1. The molecule has 5 heteroatoms. The predicted molar refractivity (Wildman–Crippen MR) is 147 cm³/mol. The van der Waals surface area contributed by atoms with E-state index >= 15 is 0 Å². The lowest BCUT2D eigenvalue weighted by Gasteiger charge is -2.39. The Labute approximate surface area is 215 Å². The van der Waals surface area contributed by atoms with Crippen molar-refractivity contribution in [2.24, 2.45) is 0 Å². The van der Waals surface area contributed by atoms with Gasteiger partial charge < -0.3 is 4.74 Å². The maximum atomic E-state index is 6.05. The summed E-state index contributed by atoms with van der Waals surface area (Å²) in [7, 11) is 0. The summed E-state index contributed by atoms with van der Waals surface area (Å²) in [6.07, 6.45) is 5.82. The van der Waals surface area contributed by atoms with Crippen LogP contribution in [0.15, 0.2) is 103 Å². The molecule has 0 saturated heterocycles. The third-order valence-electron chi connectivity index (χ3n) is 7.64. The van der Waals surface area contributed by atoms with E-state index in [1.54, 1.807) is 4.52 Å². The van der Waals surface area contributed by atoms with Gasteiger partial charge in [0.2, 0.25) is 0 Å². The van der Waals surface area contributed by atoms with Crippen LogP contribution in [0, 0.1) is 0 Å². The van der Waals surface area contributed by atoms with Gasteiger partial charge in [-0.25, -0.2) is 9.50 Å². The van der Waals surface area contributed by atoms with Crippen molar-refractivity contribution in [1.82, 2.24) is 19.6 Å². The van der Waals surface area contributed by atoms with Crippen LogP contribution in [-0.2, 0) is 5.41 Å². The van der Waals surface area contributed by atoms with Crippen LogP contribution in [0.1, 0.15) is 31.7 Å². The molecule has 0 amide bonds. The maximum absolute atomic E-state index is 6.05. The van der Waals surface area contributed by atoms with Crippen molar-refractivity contribution in [3.8, 4) is 34.1 Å². The highest BCUT2D eigenvalue weighted by molar-refractivity contribution is 5.84. The molecule has 0 N–H and O–H groups in total. The molecule has 5 nitrogen and oxygen atoms in total. The van der Waals surface area contributed by atoms with Crippen LogP contribution < -0.4 is 4.74 Å². The number of ether oxygens (including phenoxy) is 1. The summed E-state index contributed by atoms with van der Waals surface area (Å²) in [6, 6.07) is 33.6. The van der Waals surface area contributed by atoms with Gasteiger partial charge in [-0.1, -0.05) is 98.3 Å². The van der Waals surface area contributed by atoms with Gasteiger partial charge in [0.05, 0.1) is 5.69 Å². The summed E-state index contributed by atoms with van der Waals surface area (Å²) < 4.78 is 7.75. The number of hydrogen-bond acceptors (Lipinski definition) is 4.